The Morgan fingerprint density at radius 1 is 0.784 bits per heavy atom. The van der Waals surface area contributed by atoms with Crippen LogP contribution in [0.1, 0.15) is 29.5 Å². The number of halogens is 2. The molecule has 7 nitrogen and oxygen atoms in total. The Balaban J connectivity index is 1.64. The molecular formula is C28H26Br2N2O5. The second-order valence-electron chi connectivity index (χ2n) is 7.95. The first-order chi connectivity index (χ1) is 17.9. The highest BCUT2D eigenvalue weighted by molar-refractivity contribution is 9.28. The van der Waals surface area contributed by atoms with E-state index in [9.17, 15) is 14.4 Å². The minimum absolute atomic E-state index is 0.0278. The molecule has 37 heavy (non-hydrogen) atoms. The van der Waals surface area contributed by atoms with Gasteiger partial charge in [-0.3, -0.25) is 9.59 Å². The highest BCUT2D eigenvalue weighted by Gasteiger charge is 2.24. The minimum atomic E-state index is -1.03. The summed E-state index contributed by atoms with van der Waals surface area (Å²) in [4.78, 5) is 38.0. The Morgan fingerprint density at radius 3 is 1.97 bits per heavy atom. The van der Waals surface area contributed by atoms with Crippen molar-refractivity contribution in [3.8, 4) is 0 Å². The van der Waals surface area contributed by atoms with E-state index >= 15 is 0 Å². The lowest BCUT2D eigenvalue weighted by Gasteiger charge is -2.19. The van der Waals surface area contributed by atoms with E-state index in [4.69, 9.17) is 9.47 Å². The Hall–Kier alpha value is -3.43. The Labute approximate surface area is 232 Å². The third-order valence-electron chi connectivity index (χ3n) is 5.18. The van der Waals surface area contributed by atoms with Crippen molar-refractivity contribution in [2.45, 2.75) is 32.1 Å². The van der Waals surface area contributed by atoms with Gasteiger partial charge in [0.25, 0.3) is 0 Å². The molecule has 9 heteroatoms. The zero-order valence-electron chi connectivity index (χ0n) is 19.9. The van der Waals surface area contributed by atoms with Gasteiger partial charge in [0.1, 0.15) is 19.3 Å². The van der Waals surface area contributed by atoms with Crippen molar-refractivity contribution in [1.29, 1.82) is 0 Å². The normalized spacial score (nSPS) is 11.1. The maximum Gasteiger partial charge on any atom is 0.408 e. The largest absolute Gasteiger partial charge is 0.461 e. The van der Waals surface area contributed by atoms with Crippen molar-refractivity contribution in [2.75, 3.05) is 5.32 Å². The van der Waals surface area contributed by atoms with Crippen LogP contribution in [-0.4, -0.2) is 24.0 Å². The van der Waals surface area contributed by atoms with Crippen LogP contribution in [0.2, 0.25) is 0 Å². The SMILES string of the molecule is O=C(CC[C@H](NC(=O)OCc1ccccc1)C(=O)Nc1ccccc1C=C(Br)Br)OCc1ccccc1. The lowest BCUT2D eigenvalue weighted by molar-refractivity contribution is -0.145. The van der Waals surface area contributed by atoms with E-state index in [1.54, 1.807) is 18.2 Å². The molecule has 3 aromatic carbocycles. The molecule has 0 aromatic heterocycles. The molecule has 2 amide bonds. The summed E-state index contributed by atoms with van der Waals surface area (Å²) in [6, 6.07) is 24.6. The maximum absolute atomic E-state index is 13.2. The van der Waals surface area contributed by atoms with Crippen LogP contribution in [0.5, 0.6) is 0 Å². The quantitative estimate of drug-likeness (QED) is 0.235. The third-order valence-corrected chi connectivity index (χ3v) is 5.64. The molecule has 192 valence electrons. The Kier molecular flexibility index (Phi) is 11.4. The standard InChI is InChI=1S/C28H26Br2N2O5/c29-25(30)17-22-13-7-8-14-23(22)31-27(34)24(32-28(35)37-19-21-11-5-2-6-12-21)15-16-26(33)36-18-20-9-3-1-4-10-20/h1-14,17,24H,15-16,18-19H2,(H,31,34)(H,32,35)/t24-/m0/s1. The second-order valence-corrected chi connectivity index (χ2v) is 10.7. The molecule has 0 unspecified atom stereocenters. The molecule has 0 aliphatic carbocycles. The zero-order chi connectivity index (χ0) is 26.5. The Morgan fingerprint density at radius 2 is 1.35 bits per heavy atom. The van der Waals surface area contributed by atoms with E-state index in [2.05, 4.69) is 42.5 Å². The Bertz CT molecular complexity index is 1220. The van der Waals surface area contributed by atoms with Crippen LogP contribution < -0.4 is 10.6 Å². The van der Waals surface area contributed by atoms with Gasteiger partial charge in [0.15, 0.2) is 0 Å². The number of benzene rings is 3. The van der Waals surface area contributed by atoms with Gasteiger partial charge >= 0.3 is 12.1 Å². The molecule has 3 aromatic rings. The lowest BCUT2D eigenvalue weighted by Crippen LogP contribution is -2.44. The average molecular weight is 630 g/mol. The van der Waals surface area contributed by atoms with Crippen molar-refractivity contribution >= 4 is 61.6 Å². The fraction of sp³-hybridized carbons (Fsp3) is 0.179. The van der Waals surface area contributed by atoms with E-state index in [-0.39, 0.29) is 26.1 Å². The fourth-order valence-electron chi connectivity index (χ4n) is 3.32. The van der Waals surface area contributed by atoms with Gasteiger partial charge in [-0.25, -0.2) is 4.79 Å². The van der Waals surface area contributed by atoms with Crippen LogP contribution >= 0.6 is 31.9 Å². The number of carbonyl (C=O) groups is 3. The molecule has 0 aliphatic heterocycles. The zero-order valence-corrected chi connectivity index (χ0v) is 23.0. The van der Waals surface area contributed by atoms with Crippen molar-refractivity contribution in [1.82, 2.24) is 5.32 Å². The molecule has 0 spiro atoms. The van der Waals surface area contributed by atoms with Gasteiger partial charge in [0, 0.05) is 12.1 Å². The lowest BCUT2D eigenvalue weighted by atomic mass is 10.1. The highest BCUT2D eigenvalue weighted by atomic mass is 79.9. The monoisotopic (exact) mass is 628 g/mol. The molecule has 0 radical (unpaired) electrons. The van der Waals surface area contributed by atoms with Crippen LogP contribution in [0, 0.1) is 0 Å². The summed E-state index contributed by atoms with van der Waals surface area (Å²) in [7, 11) is 0. The number of carbonyl (C=O) groups excluding carboxylic acids is 3. The van der Waals surface area contributed by atoms with Crippen molar-refractivity contribution < 1.29 is 23.9 Å². The number of hydrogen-bond acceptors (Lipinski definition) is 5. The van der Waals surface area contributed by atoms with E-state index in [1.807, 2.05) is 72.8 Å². The van der Waals surface area contributed by atoms with Gasteiger partial charge < -0.3 is 20.1 Å². The molecule has 0 saturated heterocycles. The van der Waals surface area contributed by atoms with E-state index in [0.29, 0.717) is 9.08 Å². The van der Waals surface area contributed by atoms with E-state index < -0.39 is 24.0 Å². The van der Waals surface area contributed by atoms with Crippen molar-refractivity contribution in [3.05, 3.63) is 105 Å². The number of esters is 1. The maximum atomic E-state index is 13.2. The van der Waals surface area contributed by atoms with Crippen molar-refractivity contribution in [3.63, 3.8) is 0 Å². The molecule has 0 fully saturated rings. The molecule has 0 saturated carbocycles. The molecule has 0 aliphatic rings. The first-order valence-corrected chi connectivity index (χ1v) is 13.1. The smallest absolute Gasteiger partial charge is 0.408 e. The number of ether oxygens (including phenoxy) is 2. The van der Waals surface area contributed by atoms with Gasteiger partial charge in [0.05, 0.1) is 3.39 Å². The van der Waals surface area contributed by atoms with Crippen LogP contribution in [-0.2, 0) is 32.3 Å². The number of alkyl carbamates (subject to hydrolysis) is 1. The van der Waals surface area contributed by atoms with E-state index in [0.717, 1.165) is 16.7 Å². The molecule has 2 N–H and O–H groups in total. The summed E-state index contributed by atoms with van der Waals surface area (Å²) in [6.45, 7) is 0.178. The van der Waals surface area contributed by atoms with Crippen molar-refractivity contribution in [2.24, 2.45) is 0 Å². The molecule has 0 bridgehead atoms. The van der Waals surface area contributed by atoms with Crippen LogP contribution in [0.25, 0.3) is 6.08 Å². The summed E-state index contributed by atoms with van der Waals surface area (Å²) in [5.74, 6) is -0.966. The van der Waals surface area contributed by atoms with Crippen LogP contribution in [0.3, 0.4) is 0 Å². The van der Waals surface area contributed by atoms with Gasteiger partial charge in [-0.15, -0.1) is 0 Å². The van der Waals surface area contributed by atoms with Gasteiger partial charge in [-0.05, 0) is 67.1 Å². The summed E-state index contributed by atoms with van der Waals surface area (Å²) < 4.78 is 11.3. The number of rotatable bonds is 11. The predicted octanol–water partition coefficient (Wildman–Crippen LogP) is 6.53. The first-order valence-electron chi connectivity index (χ1n) is 11.5. The average Bonchev–Trinajstić information content (AvgIpc) is 2.90. The number of anilines is 1. The molecular weight excluding hydrogens is 604 g/mol. The van der Waals surface area contributed by atoms with Crippen LogP contribution in [0.4, 0.5) is 10.5 Å². The highest BCUT2D eigenvalue weighted by Crippen LogP contribution is 2.24. The minimum Gasteiger partial charge on any atom is -0.461 e. The van der Waals surface area contributed by atoms with Gasteiger partial charge in [0.2, 0.25) is 5.91 Å². The molecule has 0 heterocycles. The number of hydrogen-bond donors (Lipinski definition) is 2. The summed E-state index contributed by atoms with van der Waals surface area (Å²) in [5, 5.41) is 5.41. The molecule has 3 rings (SSSR count). The number of amides is 2. The summed E-state index contributed by atoms with van der Waals surface area (Å²) in [5.41, 5.74) is 2.95. The van der Waals surface area contributed by atoms with Gasteiger partial charge in [-0.1, -0.05) is 78.9 Å². The predicted molar refractivity (Wildman–Crippen MR) is 150 cm³/mol. The topological polar surface area (TPSA) is 93.7 Å². The third kappa shape index (κ3) is 10.2. The van der Waals surface area contributed by atoms with Crippen LogP contribution in [0.15, 0.2) is 88.3 Å². The second kappa shape index (κ2) is 15.0. The number of para-hydroxylation sites is 1. The summed E-state index contributed by atoms with van der Waals surface area (Å²) >= 11 is 6.64. The first kappa shape index (κ1) is 28.1. The summed E-state index contributed by atoms with van der Waals surface area (Å²) in [6.07, 6.45) is 0.976. The van der Waals surface area contributed by atoms with Gasteiger partial charge in [-0.2, -0.15) is 0 Å². The fourth-order valence-corrected chi connectivity index (χ4v) is 3.82. The van der Waals surface area contributed by atoms with E-state index in [1.165, 1.54) is 0 Å². The number of nitrogens with one attached hydrogen (secondary N) is 2. The molecule has 1 atom stereocenters.